The number of fused-ring (bicyclic) bond motifs is 1. The third-order valence-electron chi connectivity index (χ3n) is 4.25. The first-order chi connectivity index (χ1) is 12.2. The molecule has 0 bridgehead atoms. The number of nitrogens with one attached hydrogen (secondary N) is 1. The van der Waals surface area contributed by atoms with Crippen LogP contribution in [-0.2, 0) is 11.3 Å². The highest BCUT2D eigenvalue weighted by atomic mass is 79.9. The average Bonchev–Trinajstić information content (AvgIpc) is 3.09. The quantitative estimate of drug-likeness (QED) is 0.743. The molecule has 0 aliphatic carbocycles. The third kappa shape index (κ3) is 4.74. The van der Waals surface area contributed by atoms with E-state index in [1.165, 1.54) is 5.56 Å². The van der Waals surface area contributed by atoms with Gasteiger partial charge in [0.05, 0.1) is 0 Å². The number of halogens is 1. The van der Waals surface area contributed by atoms with Gasteiger partial charge in [-0.1, -0.05) is 41.1 Å². The Labute approximate surface area is 155 Å². The van der Waals surface area contributed by atoms with Gasteiger partial charge in [-0.3, -0.25) is 4.79 Å². The van der Waals surface area contributed by atoms with Gasteiger partial charge in [0, 0.05) is 23.0 Å². The van der Waals surface area contributed by atoms with Crippen LogP contribution in [0.25, 0.3) is 0 Å². The van der Waals surface area contributed by atoms with Crippen molar-refractivity contribution >= 4 is 21.8 Å². The molecule has 3 N–H and O–H groups in total. The summed E-state index contributed by atoms with van der Waals surface area (Å²) in [5.41, 5.74) is 2.23. The van der Waals surface area contributed by atoms with Gasteiger partial charge in [-0.05, 0) is 29.8 Å². The lowest BCUT2D eigenvalue weighted by atomic mass is 10.0. The molecule has 132 valence electrons. The number of quaternary nitrogens is 1. The molecular weight excluding hydrogens is 384 g/mol. The highest BCUT2D eigenvalue weighted by molar-refractivity contribution is 9.10. The number of rotatable bonds is 7. The lowest BCUT2D eigenvalue weighted by molar-refractivity contribution is -0.686. The molecule has 0 radical (unpaired) electrons. The number of amides is 1. The maximum atomic E-state index is 12.2. The molecule has 1 amide bonds. The van der Waals surface area contributed by atoms with Crippen LogP contribution in [0.2, 0.25) is 0 Å². The summed E-state index contributed by atoms with van der Waals surface area (Å²) in [5.74, 6) is 1.51. The second-order valence-electron chi connectivity index (χ2n) is 5.97. The zero-order valence-electron chi connectivity index (χ0n) is 14.1. The first kappa shape index (κ1) is 17.8. The summed E-state index contributed by atoms with van der Waals surface area (Å²) in [7, 11) is 0. The number of carbonyl (C=O) groups is 1. The van der Waals surface area contributed by atoms with E-state index < -0.39 is 0 Å². The normalized spacial score (nSPS) is 13.5. The number of ether oxygens (including phenoxy) is 2. The molecule has 0 saturated heterocycles. The van der Waals surface area contributed by atoms with E-state index in [1.54, 1.807) is 0 Å². The number of nitrogens with two attached hydrogens (primary N) is 1. The Morgan fingerprint density at radius 1 is 1.20 bits per heavy atom. The Kier molecular flexibility index (Phi) is 5.94. The molecule has 6 heteroatoms. The summed E-state index contributed by atoms with van der Waals surface area (Å²) in [6.45, 7) is 3.28. The fraction of sp³-hybridized carbons (Fsp3) is 0.316. The fourth-order valence-corrected chi connectivity index (χ4v) is 3.09. The lowest BCUT2D eigenvalue weighted by Crippen LogP contribution is -2.87. The van der Waals surface area contributed by atoms with Gasteiger partial charge in [0.15, 0.2) is 18.0 Å². The predicted molar refractivity (Wildman–Crippen MR) is 98.4 cm³/mol. The summed E-state index contributed by atoms with van der Waals surface area (Å²) < 4.78 is 11.7. The van der Waals surface area contributed by atoms with E-state index in [9.17, 15) is 4.79 Å². The third-order valence-corrected chi connectivity index (χ3v) is 4.78. The van der Waals surface area contributed by atoms with Crippen LogP contribution < -0.4 is 20.1 Å². The second-order valence-corrected chi connectivity index (χ2v) is 6.89. The van der Waals surface area contributed by atoms with Crippen LogP contribution in [0, 0.1) is 0 Å². The molecule has 3 rings (SSSR count). The fourth-order valence-electron chi connectivity index (χ4n) is 2.82. The van der Waals surface area contributed by atoms with E-state index in [0.29, 0.717) is 13.1 Å². The molecule has 0 aromatic heterocycles. The number of hydrogen-bond donors (Lipinski definition) is 2. The summed E-state index contributed by atoms with van der Waals surface area (Å²) in [5, 5.41) is 5.04. The largest absolute Gasteiger partial charge is 0.454 e. The highest BCUT2D eigenvalue weighted by Gasteiger charge is 2.16. The maximum absolute atomic E-state index is 12.2. The molecule has 1 heterocycles. The van der Waals surface area contributed by atoms with E-state index in [2.05, 4.69) is 45.6 Å². The molecule has 1 atom stereocenters. The zero-order chi connectivity index (χ0) is 17.6. The monoisotopic (exact) mass is 405 g/mol. The summed E-state index contributed by atoms with van der Waals surface area (Å²) in [4.78, 5) is 12.2. The Hall–Kier alpha value is -2.05. The number of carbonyl (C=O) groups excluding carboxylic acids is 1. The van der Waals surface area contributed by atoms with Gasteiger partial charge in [0.2, 0.25) is 6.79 Å². The Morgan fingerprint density at radius 2 is 1.96 bits per heavy atom. The van der Waals surface area contributed by atoms with Crippen LogP contribution in [0.5, 0.6) is 11.5 Å². The molecule has 0 saturated carbocycles. The van der Waals surface area contributed by atoms with Gasteiger partial charge in [-0.15, -0.1) is 0 Å². The Balaban J connectivity index is 1.48. The number of benzene rings is 2. The van der Waals surface area contributed by atoms with E-state index in [4.69, 9.17) is 9.47 Å². The van der Waals surface area contributed by atoms with Crippen LogP contribution in [0.1, 0.15) is 30.5 Å². The summed E-state index contributed by atoms with van der Waals surface area (Å²) >= 11 is 3.45. The van der Waals surface area contributed by atoms with Crippen molar-refractivity contribution in [3.63, 3.8) is 0 Å². The van der Waals surface area contributed by atoms with Crippen molar-refractivity contribution in [3.05, 3.63) is 58.1 Å². The van der Waals surface area contributed by atoms with Gasteiger partial charge in [-0.25, -0.2) is 0 Å². The smallest absolute Gasteiger partial charge is 0.275 e. The molecule has 1 aliphatic rings. The minimum Gasteiger partial charge on any atom is -0.454 e. The van der Waals surface area contributed by atoms with Gasteiger partial charge in [0.25, 0.3) is 5.91 Å². The van der Waals surface area contributed by atoms with Crippen molar-refractivity contribution in [1.82, 2.24) is 5.32 Å². The van der Waals surface area contributed by atoms with Crippen LogP contribution in [0.15, 0.2) is 46.9 Å². The van der Waals surface area contributed by atoms with Gasteiger partial charge >= 0.3 is 0 Å². The molecule has 25 heavy (non-hydrogen) atoms. The second kappa shape index (κ2) is 8.36. The molecule has 0 fully saturated rings. The van der Waals surface area contributed by atoms with Gasteiger partial charge in [-0.2, -0.15) is 0 Å². The van der Waals surface area contributed by atoms with Crippen molar-refractivity contribution in [3.8, 4) is 11.5 Å². The van der Waals surface area contributed by atoms with E-state index in [1.807, 2.05) is 30.3 Å². The Morgan fingerprint density at radius 3 is 2.72 bits per heavy atom. The van der Waals surface area contributed by atoms with E-state index in [-0.39, 0.29) is 18.7 Å². The highest BCUT2D eigenvalue weighted by Crippen LogP contribution is 2.32. The first-order valence-corrected chi connectivity index (χ1v) is 9.19. The zero-order valence-corrected chi connectivity index (χ0v) is 15.7. The van der Waals surface area contributed by atoms with Crippen molar-refractivity contribution in [2.24, 2.45) is 0 Å². The minimum absolute atomic E-state index is 0.0215. The molecule has 2 aromatic carbocycles. The molecule has 5 nitrogen and oxygen atoms in total. The van der Waals surface area contributed by atoms with Crippen LogP contribution in [-0.4, -0.2) is 19.2 Å². The Bertz CT molecular complexity index is 734. The topological polar surface area (TPSA) is 64.2 Å². The lowest BCUT2D eigenvalue weighted by Gasteiger charge is -2.14. The molecule has 2 aromatic rings. The van der Waals surface area contributed by atoms with Crippen LogP contribution >= 0.6 is 15.9 Å². The van der Waals surface area contributed by atoms with Gasteiger partial charge in [0.1, 0.15) is 6.04 Å². The van der Waals surface area contributed by atoms with Crippen LogP contribution in [0.3, 0.4) is 0 Å². The maximum Gasteiger partial charge on any atom is 0.275 e. The molecule has 1 aliphatic heterocycles. The minimum atomic E-state index is 0.0215. The van der Waals surface area contributed by atoms with Crippen molar-refractivity contribution in [1.29, 1.82) is 0 Å². The van der Waals surface area contributed by atoms with Crippen molar-refractivity contribution in [2.45, 2.75) is 25.9 Å². The van der Waals surface area contributed by atoms with E-state index in [0.717, 1.165) is 28.0 Å². The molecule has 0 spiro atoms. The number of hydrogen-bond acceptors (Lipinski definition) is 3. The predicted octanol–water partition coefficient (Wildman–Crippen LogP) is 2.51. The van der Waals surface area contributed by atoms with Crippen molar-refractivity contribution < 1.29 is 19.6 Å². The van der Waals surface area contributed by atoms with Crippen LogP contribution in [0.4, 0.5) is 0 Å². The van der Waals surface area contributed by atoms with Gasteiger partial charge < -0.3 is 20.1 Å². The first-order valence-electron chi connectivity index (χ1n) is 8.39. The summed E-state index contributed by atoms with van der Waals surface area (Å²) in [6.07, 6.45) is 0.969. The summed E-state index contributed by atoms with van der Waals surface area (Å²) in [6, 6.07) is 14.3. The standard InChI is InChI=1S/C19H21BrN2O3/c1-2-16(14-4-6-15(20)7-5-14)21-11-19(23)22-10-13-3-8-17-18(9-13)25-12-24-17/h3-9,16,21H,2,10-12H2,1H3,(H,22,23)/p+1/t16-/m0/s1. The average molecular weight is 406 g/mol. The SMILES string of the molecule is CC[C@H]([NH2+]CC(=O)NCc1ccc2c(c1)OCO2)c1ccc(Br)cc1. The van der Waals surface area contributed by atoms with E-state index >= 15 is 0 Å². The molecular formula is C19H22BrN2O3+. The van der Waals surface area contributed by atoms with Crippen molar-refractivity contribution in [2.75, 3.05) is 13.3 Å². The molecule has 0 unspecified atom stereocenters.